The largest absolute Gasteiger partial charge is 0.377 e. The fourth-order valence-electron chi connectivity index (χ4n) is 3.55. The Morgan fingerprint density at radius 1 is 1.31 bits per heavy atom. The predicted molar refractivity (Wildman–Crippen MR) is 94.6 cm³/mol. The van der Waals surface area contributed by atoms with Gasteiger partial charge in [-0.05, 0) is 11.6 Å². The molecule has 0 aromatic carbocycles. The smallest absolute Gasteiger partial charge is 0.253 e. The number of aromatic nitrogens is 3. The molecule has 26 heavy (non-hydrogen) atoms. The fourth-order valence-corrected chi connectivity index (χ4v) is 3.55. The van der Waals surface area contributed by atoms with Gasteiger partial charge in [-0.25, -0.2) is 0 Å². The molecule has 2 fully saturated rings. The minimum Gasteiger partial charge on any atom is -0.377 e. The van der Waals surface area contributed by atoms with Crippen molar-refractivity contribution in [2.75, 3.05) is 44.4 Å². The molecule has 8 heteroatoms. The van der Waals surface area contributed by atoms with E-state index in [9.17, 15) is 4.79 Å². The first-order valence-electron chi connectivity index (χ1n) is 8.76. The van der Waals surface area contributed by atoms with Crippen LogP contribution < -0.4 is 4.90 Å². The molecule has 2 aromatic rings. The van der Waals surface area contributed by atoms with Crippen LogP contribution in [-0.4, -0.2) is 70.6 Å². The summed E-state index contributed by atoms with van der Waals surface area (Å²) < 4.78 is 13.6. The maximum atomic E-state index is 12.4. The summed E-state index contributed by atoms with van der Waals surface area (Å²) >= 11 is 0. The normalized spacial score (nSPS) is 24.8. The second-order valence-electron chi connectivity index (χ2n) is 6.95. The third kappa shape index (κ3) is 3.62. The topological polar surface area (TPSA) is 72.7 Å². The predicted octanol–water partition coefficient (Wildman–Crippen LogP) is 0.449. The highest BCUT2D eigenvalue weighted by molar-refractivity contribution is 5.94. The van der Waals surface area contributed by atoms with Crippen LogP contribution in [0, 0.1) is 0 Å². The van der Waals surface area contributed by atoms with Gasteiger partial charge in [-0.3, -0.25) is 19.4 Å². The lowest BCUT2D eigenvalue weighted by Crippen LogP contribution is -2.60. The number of hydrogen-bond donors (Lipinski definition) is 0. The van der Waals surface area contributed by atoms with Gasteiger partial charge in [0, 0.05) is 45.3 Å². The van der Waals surface area contributed by atoms with Gasteiger partial charge in [0.1, 0.15) is 12.2 Å². The van der Waals surface area contributed by atoms with E-state index in [2.05, 4.69) is 21.0 Å². The van der Waals surface area contributed by atoms with Crippen molar-refractivity contribution in [3.63, 3.8) is 0 Å². The summed E-state index contributed by atoms with van der Waals surface area (Å²) in [7, 11) is 1.84. The Bertz CT molecular complexity index is 765. The molecule has 2 aliphatic rings. The average molecular weight is 357 g/mol. The summed E-state index contributed by atoms with van der Waals surface area (Å²) in [5.74, 6) is -0.0494. The molecule has 2 aromatic heterocycles. The number of carbonyl (C=O) groups is 1. The lowest BCUT2D eigenvalue weighted by molar-refractivity contribution is -0.146. The van der Waals surface area contributed by atoms with E-state index in [1.54, 1.807) is 22.0 Å². The molecule has 0 saturated carbocycles. The van der Waals surface area contributed by atoms with Crippen LogP contribution in [0.1, 0.15) is 5.56 Å². The van der Waals surface area contributed by atoms with Crippen LogP contribution in [0.5, 0.6) is 0 Å². The average Bonchev–Trinajstić information content (AvgIpc) is 2.98. The van der Waals surface area contributed by atoms with E-state index in [0.29, 0.717) is 26.3 Å². The first kappa shape index (κ1) is 17.1. The van der Waals surface area contributed by atoms with Crippen LogP contribution in [0.15, 0.2) is 36.9 Å². The van der Waals surface area contributed by atoms with E-state index in [1.165, 1.54) is 0 Å². The van der Waals surface area contributed by atoms with Crippen molar-refractivity contribution in [1.82, 2.24) is 19.7 Å². The van der Waals surface area contributed by atoms with E-state index in [4.69, 9.17) is 9.47 Å². The maximum absolute atomic E-state index is 12.4. The van der Waals surface area contributed by atoms with Crippen molar-refractivity contribution < 1.29 is 14.3 Å². The molecule has 4 heterocycles. The molecule has 0 unspecified atom stereocenters. The molecule has 1 amide bonds. The van der Waals surface area contributed by atoms with Gasteiger partial charge in [0.2, 0.25) is 0 Å². The highest BCUT2D eigenvalue weighted by Crippen LogP contribution is 2.27. The van der Waals surface area contributed by atoms with Crippen molar-refractivity contribution in [2.45, 2.75) is 12.1 Å². The molecule has 0 bridgehead atoms. The summed E-state index contributed by atoms with van der Waals surface area (Å²) in [5.41, 5.74) is 1.41. The van der Waals surface area contributed by atoms with Crippen LogP contribution >= 0.6 is 0 Å². The molecule has 138 valence electrons. The van der Waals surface area contributed by atoms with Gasteiger partial charge in [-0.15, -0.1) is 0 Å². The van der Waals surface area contributed by atoms with E-state index in [1.807, 2.05) is 25.5 Å². The van der Waals surface area contributed by atoms with Gasteiger partial charge in [0.15, 0.2) is 0 Å². The summed E-state index contributed by atoms with van der Waals surface area (Å²) in [4.78, 5) is 20.6. The molecular weight excluding hydrogens is 334 g/mol. The van der Waals surface area contributed by atoms with E-state index < -0.39 is 5.60 Å². The zero-order valence-corrected chi connectivity index (χ0v) is 14.9. The molecule has 2 saturated heterocycles. The van der Waals surface area contributed by atoms with Gasteiger partial charge in [0.05, 0.1) is 31.6 Å². The monoisotopic (exact) mass is 357 g/mol. The zero-order chi connectivity index (χ0) is 18.0. The summed E-state index contributed by atoms with van der Waals surface area (Å²) in [6, 6.07) is 4.01. The highest BCUT2D eigenvalue weighted by Gasteiger charge is 2.43. The number of rotatable bonds is 3. The van der Waals surface area contributed by atoms with Crippen LogP contribution in [0.4, 0.5) is 5.69 Å². The van der Waals surface area contributed by atoms with Crippen molar-refractivity contribution in [2.24, 2.45) is 7.05 Å². The van der Waals surface area contributed by atoms with Crippen LogP contribution in [-0.2, 0) is 27.9 Å². The van der Waals surface area contributed by atoms with Gasteiger partial charge in [0.25, 0.3) is 5.91 Å². The third-order valence-corrected chi connectivity index (χ3v) is 4.81. The van der Waals surface area contributed by atoms with Crippen molar-refractivity contribution in [3.8, 4) is 0 Å². The van der Waals surface area contributed by atoms with Gasteiger partial charge in [-0.2, -0.15) is 5.10 Å². The van der Waals surface area contributed by atoms with Crippen molar-refractivity contribution in [3.05, 3.63) is 42.5 Å². The molecule has 0 N–H and O–H groups in total. The maximum Gasteiger partial charge on any atom is 0.253 e. The van der Waals surface area contributed by atoms with Crippen molar-refractivity contribution >= 4 is 11.6 Å². The number of hydrogen-bond acceptors (Lipinski definition) is 6. The number of amides is 1. The lowest BCUT2D eigenvalue weighted by Gasteiger charge is -2.42. The number of morpholine rings is 1. The molecule has 1 spiro atoms. The molecule has 4 rings (SSSR count). The Balaban J connectivity index is 1.52. The number of pyridine rings is 1. The molecule has 0 aliphatic carbocycles. The number of nitrogens with zero attached hydrogens (tertiary/aromatic N) is 5. The molecule has 1 atom stereocenters. The fraction of sp³-hybridized carbons (Fsp3) is 0.500. The van der Waals surface area contributed by atoms with E-state index in [-0.39, 0.29) is 12.5 Å². The summed E-state index contributed by atoms with van der Waals surface area (Å²) in [5, 5.41) is 4.18. The molecule has 2 aliphatic heterocycles. The van der Waals surface area contributed by atoms with Crippen LogP contribution in [0.3, 0.4) is 0 Å². The third-order valence-electron chi connectivity index (χ3n) is 4.81. The minimum absolute atomic E-state index is 0.0494. The highest BCUT2D eigenvalue weighted by atomic mass is 16.6. The number of carbonyl (C=O) groups excluding carboxylic acids is 1. The number of ether oxygens (including phenoxy) is 2. The molecular formula is C18H23N5O3. The Kier molecular flexibility index (Phi) is 4.71. The SMILES string of the molecule is Cn1cc(N2C[C@]3(COCCN(Cc4cccnc4)C3)OCC2=O)cn1. The van der Waals surface area contributed by atoms with Gasteiger partial charge in [-0.1, -0.05) is 6.07 Å². The first-order valence-corrected chi connectivity index (χ1v) is 8.76. The van der Waals surface area contributed by atoms with E-state index >= 15 is 0 Å². The number of aryl methyl sites for hydroxylation is 1. The summed E-state index contributed by atoms with van der Waals surface area (Å²) in [6.07, 6.45) is 7.22. The first-order chi connectivity index (χ1) is 12.6. The minimum atomic E-state index is -0.539. The lowest BCUT2D eigenvalue weighted by atomic mass is 10.0. The molecule has 8 nitrogen and oxygen atoms in total. The van der Waals surface area contributed by atoms with Gasteiger partial charge < -0.3 is 14.4 Å². The summed E-state index contributed by atoms with van der Waals surface area (Å²) in [6.45, 7) is 3.93. The second kappa shape index (κ2) is 7.14. The van der Waals surface area contributed by atoms with Crippen molar-refractivity contribution in [1.29, 1.82) is 0 Å². The number of anilines is 1. The van der Waals surface area contributed by atoms with Crippen LogP contribution in [0.25, 0.3) is 0 Å². The Morgan fingerprint density at radius 3 is 3.00 bits per heavy atom. The zero-order valence-electron chi connectivity index (χ0n) is 14.9. The quantitative estimate of drug-likeness (QED) is 0.794. The Morgan fingerprint density at radius 2 is 2.23 bits per heavy atom. The van der Waals surface area contributed by atoms with Gasteiger partial charge >= 0.3 is 0 Å². The standard InChI is InChI=1S/C18H23N5O3/c1-21-10-16(8-20-21)23-13-18(26-11-17(23)24)12-22(5-6-25-14-18)9-15-3-2-4-19-7-15/h2-4,7-8,10H,5-6,9,11-14H2,1H3/t18-/m1/s1. The van der Waals surface area contributed by atoms with E-state index in [0.717, 1.165) is 24.3 Å². The Hall–Kier alpha value is -2.29. The van der Waals surface area contributed by atoms with Crippen LogP contribution in [0.2, 0.25) is 0 Å². The Labute approximate surface area is 152 Å². The second-order valence-corrected chi connectivity index (χ2v) is 6.95. The molecule has 0 radical (unpaired) electrons.